The van der Waals surface area contributed by atoms with E-state index in [0.717, 1.165) is 4.90 Å². The summed E-state index contributed by atoms with van der Waals surface area (Å²) in [6.07, 6.45) is 0. The molecule has 0 radical (unpaired) electrons. The molecule has 0 spiro atoms. The van der Waals surface area contributed by atoms with Crippen LogP contribution in [0.4, 0.5) is 5.69 Å². The van der Waals surface area contributed by atoms with Crippen molar-refractivity contribution in [3.05, 3.63) is 80.4 Å². The van der Waals surface area contributed by atoms with Crippen LogP contribution in [0.5, 0.6) is 0 Å². The van der Waals surface area contributed by atoms with Crippen LogP contribution in [-0.2, 0) is 9.59 Å². The highest BCUT2D eigenvalue weighted by atomic mass is 35.5. The second kappa shape index (κ2) is 7.79. The first-order chi connectivity index (χ1) is 13.3. The van der Waals surface area contributed by atoms with Crippen LogP contribution in [0, 0.1) is 10.1 Å². The lowest BCUT2D eigenvalue weighted by atomic mass is 9.95. The van der Waals surface area contributed by atoms with E-state index < -0.39 is 35.0 Å². The highest BCUT2D eigenvalue weighted by Crippen LogP contribution is 2.40. The van der Waals surface area contributed by atoms with Gasteiger partial charge in [0.1, 0.15) is 5.76 Å². The Morgan fingerprint density at radius 2 is 1.86 bits per heavy atom. The number of hydrogen-bond acceptors (Lipinski definition) is 6. The van der Waals surface area contributed by atoms with Gasteiger partial charge in [-0.1, -0.05) is 23.7 Å². The molecule has 2 N–H and O–H groups in total. The number of halogens is 1. The Kier molecular flexibility index (Phi) is 5.43. The van der Waals surface area contributed by atoms with Gasteiger partial charge in [0.2, 0.25) is 0 Å². The average Bonchev–Trinajstić information content (AvgIpc) is 2.93. The van der Waals surface area contributed by atoms with Crippen LogP contribution in [-0.4, -0.2) is 44.9 Å². The summed E-state index contributed by atoms with van der Waals surface area (Å²) < 4.78 is 0. The third-order valence-electron chi connectivity index (χ3n) is 4.40. The minimum atomic E-state index is -1.07. The first-order valence-electron chi connectivity index (χ1n) is 8.24. The number of nitrogens with zero attached hydrogens (tertiary/aromatic N) is 2. The molecule has 2 aromatic rings. The summed E-state index contributed by atoms with van der Waals surface area (Å²) in [4.78, 5) is 36.7. The maximum atomic E-state index is 12.6. The summed E-state index contributed by atoms with van der Waals surface area (Å²) in [6, 6.07) is 10.4. The van der Waals surface area contributed by atoms with E-state index >= 15 is 0 Å². The molecule has 1 heterocycles. The number of nitro groups is 1. The number of ketones is 1. The van der Waals surface area contributed by atoms with Crippen molar-refractivity contribution in [1.82, 2.24) is 4.90 Å². The predicted octanol–water partition coefficient (Wildman–Crippen LogP) is 2.66. The Bertz CT molecular complexity index is 986. The molecule has 3 rings (SSSR count). The van der Waals surface area contributed by atoms with E-state index in [4.69, 9.17) is 11.6 Å². The first-order valence-corrected chi connectivity index (χ1v) is 8.62. The number of likely N-dealkylation sites (tertiary alicyclic amines) is 1. The van der Waals surface area contributed by atoms with Crippen molar-refractivity contribution in [3.8, 4) is 0 Å². The number of hydrogen-bond donors (Lipinski definition) is 2. The normalized spacial score (nSPS) is 18.5. The summed E-state index contributed by atoms with van der Waals surface area (Å²) in [7, 11) is 0. The van der Waals surface area contributed by atoms with Gasteiger partial charge in [0.05, 0.1) is 23.1 Å². The summed E-state index contributed by atoms with van der Waals surface area (Å²) in [6.45, 7) is -0.589. The van der Waals surface area contributed by atoms with Gasteiger partial charge in [-0.15, -0.1) is 0 Å². The summed E-state index contributed by atoms with van der Waals surface area (Å²) in [5, 5.41) is 31.6. The first kappa shape index (κ1) is 19.5. The van der Waals surface area contributed by atoms with Crippen molar-refractivity contribution in [2.45, 2.75) is 6.04 Å². The summed E-state index contributed by atoms with van der Waals surface area (Å²) >= 11 is 5.85. The lowest BCUT2D eigenvalue weighted by Gasteiger charge is -2.24. The number of aliphatic hydroxyl groups is 2. The van der Waals surface area contributed by atoms with Crippen molar-refractivity contribution in [2.24, 2.45) is 0 Å². The molecule has 1 amide bonds. The highest BCUT2D eigenvalue weighted by Gasteiger charge is 2.46. The standard InChI is InChI=1S/C19H15ClN2O6/c20-13-6-4-11(5-7-13)17(24)15-16(21(8-9-23)19(26)18(15)25)12-2-1-3-14(10-12)22(27)28/h1-7,10,16,23-24H,8-9H2/b17-15-. The molecule has 144 valence electrons. The zero-order valence-electron chi connectivity index (χ0n) is 14.4. The molecule has 9 heteroatoms. The van der Waals surface area contributed by atoms with Gasteiger partial charge >= 0.3 is 0 Å². The number of benzene rings is 2. The highest BCUT2D eigenvalue weighted by molar-refractivity contribution is 6.46. The monoisotopic (exact) mass is 402 g/mol. The SMILES string of the molecule is O=C1C(=O)N(CCO)C(c2cccc([N+](=O)[O-])c2)/C1=C(/O)c1ccc(Cl)cc1. The molecule has 1 saturated heterocycles. The van der Waals surface area contributed by atoms with Gasteiger partial charge in [0.15, 0.2) is 0 Å². The fourth-order valence-electron chi connectivity index (χ4n) is 3.14. The number of rotatable bonds is 5. The van der Waals surface area contributed by atoms with E-state index in [0.29, 0.717) is 5.02 Å². The van der Waals surface area contributed by atoms with Crippen LogP contribution in [0.15, 0.2) is 54.1 Å². The van der Waals surface area contributed by atoms with E-state index in [9.17, 15) is 29.9 Å². The molecule has 8 nitrogen and oxygen atoms in total. The van der Waals surface area contributed by atoms with E-state index in [2.05, 4.69) is 0 Å². The topological polar surface area (TPSA) is 121 Å². The lowest BCUT2D eigenvalue weighted by Crippen LogP contribution is -2.32. The van der Waals surface area contributed by atoms with Crippen LogP contribution in [0.3, 0.4) is 0 Å². The van der Waals surface area contributed by atoms with Crippen molar-refractivity contribution in [2.75, 3.05) is 13.2 Å². The minimum Gasteiger partial charge on any atom is -0.507 e. The van der Waals surface area contributed by atoms with Crippen molar-refractivity contribution in [3.63, 3.8) is 0 Å². The number of non-ortho nitro benzene ring substituents is 1. The minimum absolute atomic E-state index is 0.171. The predicted molar refractivity (Wildman–Crippen MR) is 101 cm³/mol. The molecule has 0 aliphatic carbocycles. The maximum absolute atomic E-state index is 12.6. The van der Waals surface area contributed by atoms with E-state index in [-0.39, 0.29) is 28.9 Å². The number of carbonyl (C=O) groups is 2. The summed E-state index contributed by atoms with van der Waals surface area (Å²) in [5.41, 5.74) is 0.110. The third-order valence-corrected chi connectivity index (χ3v) is 4.65. The number of β-amino-alcohol motifs (C(OH)–C–C–N with tert-alkyl or cyclic N) is 1. The molecule has 0 saturated carbocycles. The second-order valence-corrected chi connectivity index (χ2v) is 6.51. The molecule has 1 unspecified atom stereocenters. The third kappa shape index (κ3) is 3.47. The smallest absolute Gasteiger partial charge is 0.295 e. The van der Waals surface area contributed by atoms with Gasteiger partial charge < -0.3 is 15.1 Å². The Hall–Kier alpha value is -3.23. The Morgan fingerprint density at radius 3 is 2.46 bits per heavy atom. The molecular weight excluding hydrogens is 388 g/mol. The molecule has 1 fully saturated rings. The van der Waals surface area contributed by atoms with Gasteiger partial charge in [0.25, 0.3) is 17.4 Å². The molecule has 0 bridgehead atoms. The van der Waals surface area contributed by atoms with E-state index in [1.807, 2.05) is 0 Å². The maximum Gasteiger partial charge on any atom is 0.295 e. The second-order valence-electron chi connectivity index (χ2n) is 6.08. The molecule has 1 aliphatic rings. The molecular formula is C19H15ClN2O6. The zero-order valence-corrected chi connectivity index (χ0v) is 15.2. The van der Waals surface area contributed by atoms with Crippen molar-refractivity contribution >= 4 is 34.7 Å². The van der Waals surface area contributed by atoms with Crippen LogP contribution in [0.1, 0.15) is 17.2 Å². The number of aliphatic hydroxyl groups excluding tert-OH is 2. The molecule has 0 aromatic heterocycles. The van der Waals surface area contributed by atoms with Crippen LogP contribution in [0.25, 0.3) is 5.76 Å². The fourth-order valence-corrected chi connectivity index (χ4v) is 3.26. The average molecular weight is 403 g/mol. The Morgan fingerprint density at radius 1 is 1.18 bits per heavy atom. The van der Waals surface area contributed by atoms with Gasteiger partial charge in [-0.3, -0.25) is 19.7 Å². The van der Waals surface area contributed by atoms with Gasteiger partial charge in [-0.25, -0.2) is 0 Å². The van der Waals surface area contributed by atoms with Crippen LogP contribution in [0.2, 0.25) is 5.02 Å². The molecule has 28 heavy (non-hydrogen) atoms. The number of nitro benzene ring substituents is 1. The fraction of sp³-hybridized carbons (Fsp3) is 0.158. The lowest BCUT2D eigenvalue weighted by molar-refractivity contribution is -0.384. The molecule has 1 aliphatic heterocycles. The quantitative estimate of drug-likeness (QED) is 0.261. The number of amides is 1. The molecule has 2 aromatic carbocycles. The van der Waals surface area contributed by atoms with Gasteiger partial charge in [-0.05, 0) is 29.8 Å². The van der Waals surface area contributed by atoms with Gasteiger partial charge in [-0.2, -0.15) is 0 Å². The molecule has 1 atom stereocenters. The van der Waals surface area contributed by atoms with Crippen LogP contribution < -0.4 is 0 Å². The largest absolute Gasteiger partial charge is 0.507 e. The number of carbonyl (C=O) groups excluding carboxylic acids is 2. The van der Waals surface area contributed by atoms with Crippen LogP contribution >= 0.6 is 11.6 Å². The number of Topliss-reactive ketones (excluding diaryl/α,β-unsaturated/α-hetero) is 1. The Labute approximate surface area is 164 Å². The van der Waals surface area contributed by atoms with E-state index in [1.165, 1.54) is 48.5 Å². The Balaban J connectivity index is 2.20. The van der Waals surface area contributed by atoms with Gasteiger partial charge in [0, 0.05) is 29.3 Å². The summed E-state index contributed by atoms with van der Waals surface area (Å²) in [5.74, 6) is -2.26. The zero-order chi connectivity index (χ0) is 20.4. The van der Waals surface area contributed by atoms with E-state index in [1.54, 1.807) is 0 Å². The van der Waals surface area contributed by atoms with Crippen molar-refractivity contribution < 1.29 is 24.7 Å². The van der Waals surface area contributed by atoms with Crippen molar-refractivity contribution in [1.29, 1.82) is 0 Å².